The van der Waals surface area contributed by atoms with Crippen LogP contribution in [0.4, 0.5) is 0 Å². The van der Waals surface area contributed by atoms with E-state index in [4.69, 9.17) is 9.47 Å². The molecule has 5 nitrogen and oxygen atoms in total. The summed E-state index contributed by atoms with van der Waals surface area (Å²) in [6, 6.07) is 14.9. The van der Waals surface area contributed by atoms with E-state index in [0.29, 0.717) is 17.1 Å². The molecule has 3 rings (SSSR count). The van der Waals surface area contributed by atoms with Crippen LogP contribution in [0.25, 0.3) is 5.70 Å². The van der Waals surface area contributed by atoms with E-state index in [-0.39, 0.29) is 12.6 Å². The highest BCUT2D eigenvalue weighted by molar-refractivity contribution is 6.08. The van der Waals surface area contributed by atoms with Crippen molar-refractivity contribution in [1.82, 2.24) is 10.4 Å². The number of nitrogens with one attached hydrogen (secondary N) is 1. The average Bonchev–Trinajstić information content (AvgIpc) is 3.02. The first-order chi connectivity index (χ1) is 11.1. The van der Waals surface area contributed by atoms with E-state index in [1.165, 1.54) is 0 Å². The molecule has 5 heteroatoms. The normalized spacial score (nSPS) is 13.3. The van der Waals surface area contributed by atoms with Crippen molar-refractivity contribution in [1.29, 1.82) is 0 Å². The lowest BCUT2D eigenvalue weighted by molar-refractivity contribution is 0.104. The van der Waals surface area contributed by atoms with Gasteiger partial charge >= 0.3 is 0 Å². The highest BCUT2D eigenvalue weighted by atomic mass is 16.7. The summed E-state index contributed by atoms with van der Waals surface area (Å²) in [5.41, 5.74) is 5.40. The maximum absolute atomic E-state index is 12.6. The summed E-state index contributed by atoms with van der Waals surface area (Å²) in [5.74, 6) is 1.17. The molecule has 0 amide bonds. The Kier molecular flexibility index (Phi) is 4.30. The van der Waals surface area contributed by atoms with E-state index >= 15 is 0 Å². The Balaban J connectivity index is 1.90. The molecule has 1 aliphatic rings. The molecule has 1 aliphatic heterocycles. The number of hydrogen-bond acceptors (Lipinski definition) is 5. The monoisotopic (exact) mass is 310 g/mol. The minimum Gasteiger partial charge on any atom is -0.454 e. The van der Waals surface area contributed by atoms with Crippen LogP contribution >= 0.6 is 0 Å². The van der Waals surface area contributed by atoms with Crippen molar-refractivity contribution in [2.45, 2.75) is 0 Å². The first-order valence-corrected chi connectivity index (χ1v) is 7.28. The Labute approximate surface area is 135 Å². The van der Waals surface area contributed by atoms with Crippen LogP contribution in [0.15, 0.2) is 54.6 Å². The van der Waals surface area contributed by atoms with Gasteiger partial charge in [-0.3, -0.25) is 4.79 Å². The predicted octanol–water partition coefficient (Wildman–Crippen LogP) is 2.71. The lowest BCUT2D eigenvalue weighted by atomic mass is 10.1. The Bertz CT molecular complexity index is 739. The summed E-state index contributed by atoms with van der Waals surface area (Å²) in [7, 11) is 3.75. The maximum atomic E-state index is 12.6. The lowest BCUT2D eigenvalue weighted by Crippen LogP contribution is -2.29. The minimum atomic E-state index is -0.100. The Morgan fingerprint density at radius 1 is 1.04 bits per heavy atom. The van der Waals surface area contributed by atoms with Crippen molar-refractivity contribution in [2.24, 2.45) is 0 Å². The molecule has 0 saturated carbocycles. The van der Waals surface area contributed by atoms with Crippen LogP contribution in [0.5, 0.6) is 11.5 Å². The highest BCUT2D eigenvalue weighted by Gasteiger charge is 2.16. The molecule has 0 radical (unpaired) electrons. The van der Waals surface area contributed by atoms with Crippen molar-refractivity contribution in [2.75, 3.05) is 20.9 Å². The number of rotatable bonds is 5. The molecule has 118 valence electrons. The second kappa shape index (κ2) is 6.54. The Morgan fingerprint density at radius 3 is 2.52 bits per heavy atom. The average molecular weight is 310 g/mol. The fourth-order valence-corrected chi connectivity index (χ4v) is 2.30. The van der Waals surface area contributed by atoms with Crippen LogP contribution < -0.4 is 14.9 Å². The topological polar surface area (TPSA) is 50.8 Å². The third kappa shape index (κ3) is 3.52. The quantitative estimate of drug-likeness (QED) is 0.523. The Morgan fingerprint density at radius 2 is 1.78 bits per heavy atom. The van der Waals surface area contributed by atoms with Gasteiger partial charge in [-0.1, -0.05) is 30.3 Å². The molecule has 2 aromatic rings. The van der Waals surface area contributed by atoms with E-state index < -0.39 is 0 Å². The van der Waals surface area contributed by atoms with Gasteiger partial charge in [0.15, 0.2) is 17.3 Å². The minimum absolute atomic E-state index is 0.100. The number of ether oxygens (including phenoxy) is 2. The van der Waals surface area contributed by atoms with Gasteiger partial charge in [-0.2, -0.15) is 0 Å². The van der Waals surface area contributed by atoms with E-state index in [2.05, 4.69) is 5.43 Å². The second-order valence-corrected chi connectivity index (χ2v) is 5.36. The van der Waals surface area contributed by atoms with Gasteiger partial charge in [0, 0.05) is 25.7 Å². The first-order valence-electron chi connectivity index (χ1n) is 7.28. The molecule has 0 atom stereocenters. The van der Waals surface area contributed by atoms with E-state index in [1.807, 2.05) is 44.4 Å². The smallest absolute Gasteiger partial charge is 0.231 e. The largest absolute Gasteiger partial charge is 0.454 e. The summed E-state index contributed by atoms with van der Waals surface area (Å²) in [6.07, 6.45) is 1.59. The molecule has 1 heterocycles. The maximum Gasteiger partial charge on any atom is 0.231 e. The van der Waals surface area contributed by atoms with Crippen molar-refractivity contribution in [3.8, 4) is 11.5 Å². The number of hydrazine groups is 1. The van der Waals surface area contributed by atoms with Crippen molar-refractivity contribution in [3.63, 3.8) is 0 Å². The number of carbonyl (C=O) groups excluding carboxylic acids is 1. The van der Waals surface area contributed by atoms with Gasteiger partial charge in [0.05, 0.1) is 5.70 Å². The van der Waals surface area contributed by atoms with Crippen LogP contribution in [-0.4, -0.2) is 31.7 Å². The van der Waals surface area contributed by atoms with Crippen LogP contribution in [0.1, 0.15) is 15.9 Å². The van der Waals surface area contributed by atoms with Crippen molar-refractivity contribution >= 4 is 11.5 Å². The first kappa shape index (κ1) is 15.1. The van der Waals surface area contributed by atoms with Crippen LogP contribution in [0, 0.1) is 0 Å². The van der Waals surface area contributed by atoms with E-state index in [0.717, 1.165) is 11.3 Å². The molecule has 0 bridgehead atoms. The second-order valence-electron chi connectivity index (χ2n) is 5.36. The lowest BCUT2D eigenvalue weighted by Gasteiger charge is -2.17. The third-order valence-electron chi connectivity index (χ3n) is 3.36. The molecule has 0 aromatic heterocycles. The highest BCUT2D eigenvalue weighted by Crippen LogP contribution is 2.32. The number of benzene rings is 2. The predicted molar refractivity (Wildman–Crippen MR) is 88.1 cm³/mol. The van der Waals surface area contributed by atoms with Gasteiger partial charge in [-0.25, -0.2) is 5.01 Å². The standard InChI is InChI=1S/C18H18N2O3/c1-20(2)19-15(13-6-4-3-5-7-13)11-16(21)14-8-9-17-18(10-14)23-12-22-17/h3-11,19H,12H2,1-2H3/b15-11+. The van der Waals surface area contributed by atoms with Gasteiger partial charge in [-0.05, 0) is 23.8 Å². The fourth-order valence-electron chi connectivity index (χ4n) is 2.30. The van der Waals surface area contributed by atoms with Gasteiger partial charge in [0.25, 0.3) is 0 Å². The molecule has 0 fully saturated rings. The zero-order valence-electron chi connectivity index (χ0n) is 13.1. The molecule has 0 spiro atoms. The molecule has 1 N–H and O–H groups in total. The number of fused-ring (bicyclic) bond motifs is 1. The molecule has 23 heavy (non-hydrogen) atoms. The molecule has 0 aliphatic carbocycles. The summed E-state index contributed by atoms with van der Waals surface area (Å²) >= 11 is 0. The number of nitrogens with zero attached hydrogens (tertiary/aromatic N) is 1. The van der Waals surface area contributed by atoms with Gasteiger partial charge in [0.1, 0.15) is 0 Å². The molecular formula is C18H18N2O3. The summed E-state index contributed by atoms with van der Waals surface area (Å²) < 4.78 is 10.6. The number of hydrogen-bond donors (Lipinski definition) is 1. The molecule has 0 unspecified atom stereocenters. The molecule has 0 saturated heterocycles. The zero-order valence-corrected chi connectivity index (χ0v) is 13.1. The third-order valence-corrected chi connectivity index (χ3v) is 3.36. The summed E-state index contributed by atoms with van der Waals surface area (Å²) in [5, 5.41) is 1.80. The molecular weight excluding hydrogens is 292 g/mol. The van der Waals surface area contributed by atoms with Crippen molar-refractivity contribution < 1.29 is 14.3 Å². The Hall–Kier alpha value is -2.79. The van der Waals surface area contributed by atoms with Crippen LogP contribution in [0.2, 0.25) is 0 Å². The van der Waals surface area contributed by atoms with Crippen LogP contribution in [0.3, 0.4) is 0 Å². The van der Waals surface area contributed by atoms with E-state index in [9.17, 15) is 4.79 Å². The van der Waals surface area contributed by atoms with Crippen molar-refractivity contribution in [3.05, 3.63) is 65.7 Å². The summed E-state index contributed by atoms with van der Waals surface area (Å²) in [6.45, 7) is 0.195. The zero-order chi connectivity index (χ0) is 16.2. The van der Waals surface area contributed by atoms with Gasteiger partial charge in [-0.15, -0.1) is 0 Å². The van der Waals surface area contributed by atoms with E-state index in [1.54, 1.807) is 29.3 Å². The summed E-state index contributed by atoms with van der Waals surface area (Å²) in [4.78, 5) is 12.6. The van der Waals surface area contributed by atoms with Gasteiger partial charge < -0.3 is 14.9 Å². The number of carbonyl (C=O) groups is 1. The molecule has 2 aromatic carbocycles. The SMILES string of the molecule is CN(C)N/C(=C/C(=O)c1ccc2c(c1)OCO2)c1ccccc1. The number of allylic oxidation sites excluding steroid dienone is 1. The fraction of sp³-hybridized carbons (Fsp3) is 0.167. The number of ketones is 1. The van der Waals surface area contributed by atoms with Crippen LogP contribution in [-0.2, 0) is 0 Å². The van der Waals surface area contributed by atoms with Gasteiger partial charge in [0.2, 0.25) is 6.79 Å².